The van der Waals surface area contributed by atoms with E-state index in [9.17, 15) is 4.79 Å². The average molecular weight is 346 g/mol. The third-order valence-electron chi connectivity index (χ3n) is 4.26. The van der Waals surface area contributed by atoms with Crippen LogP contribution in [0, 0.1) is 0 Å². The fourth-order valence-corrected chi connectivity index (χ4v) is 3.36. The maximum atomic E-state index is 12.8. The molecule has 4 heterocycles. The van der Waals surface area contributed by atoms with E-state index in [1.54, 1.807) is 27.5 Å². The molecule has 0 saturated carbocycles. The number of nitrogens with one attached hydrogen (secondary N) is 1. The quantitative estimate of drug-likeness (QED) is 0.787. The Morgan fingerprint density at radius 2 is 2.29 bits per heavy atom. The highest BCUT2D eigenvalue weighted by molar-refractivity contribution is 6.32. The summed E-state index contributed by atoms with van der Waals surface area (Å²) >= 11 is 6.17. The lowest BCUT2D eigenvalue weighted by molar-refractivity contribution is 0.0789. The summed E-state index contributed by atoms with van der Waals surface area (Å²) in [5.41, 5.74) is 1.91. The molecule has 0 aromatic carbocycles. The Kier molecular flexibility index (Phi) is 3.74. The summed E-state index contributed by atoms with van der Waals surface area (Å²) in [6, 6.07) is 7.25. The Hall–Kier alpha value is -2.38. The number of amides is 1. The van der Waals surface area contributed by atoms with Gasteiger partial charge in [-0.05, 0) is 24.6 Å². The van der Waals surface area contributed by atoms with E-state index in [1.807, 2.05) is 25.2 Å². The van der Waals surface area contributed by atoms with E-state index < -0.39 is 0 Å². The first-order valence-corrected chi connectivity index (χ1v) is 8.06. The monoisotopic (exact) mass is 345 g/mol. The summed E-state index contributed by atoms with van der Waals surface area (Å²) in [5.74, 6) is -0.263. The van der Waals surface area contributed by atoms with Gasteiger partial charge in [0.2, 0.25) is 0 Å². The Bertz CT molecular complexity index is 903. The van der Waals surface area contributed by atoms with Crippen LogP contribution in [-0.2, 0) is 11.8 Å². The average Bonchev–Trinajstić information content (AvgIpc) is 3.24. The smallest absolute Gasteiger partial charge is 0.271 e. The number of imidazole rings is 1. The van der Waals surface area contributed by atoms with E-state index in [0.29, 0.717) is 17.9 Å². The highest BCUT2D eigenvalue weighted by Gasteiger charge is 2.34. The van der Waals surface area contributed by atoms with Crippen LogP contribution in [0.5, 0.6) is 0 Å². The number of carbonyl (C=O) groups is 1. The third kappa shape index (κ3) is 2.46. The van der Waals surface area contributed by atoms with Crippen LogP contribution in [0.4, 0.5) is 0 Å². The molecule has 1 fully saturated rings. The molecule has 2 atom stereocenters. The van der Waals surface area contributed by atoms with Gasteiger partial charge in [0.25, 0.3) is 5.91 Å². The third-order valence-corrected chi connectivity index (χ3v) is 4.52. The van der Waals surface area contributed by atoms with Gasteiger partial charge in [0, 0.05) is 26.0 Å². The zero-order valence-electron chi connectivity index (χ0n) is 13.0. The molecule has 24 heavy (non-hydrogen) atoms. The molecule has 0 radical (unpaired) electrons. The van der Waals surface area contributed by atoms with Gasteiger partial charge < -0.3 is 10.1 Å². The topological polar surface area (TPSA) is 73.4 Å². The van der Waals surface area contributed by atoms with Crippen molar-refractivity contribution in [1.29, 1.82) is 0 Å². The van der Waals surface area contributed by atoms with E-state index in [1.165, 1.54) is 0 Å². The fraction of sp³-hybridized carbons (Fsp3) is 0.312. The fourth-order valence-electron chi connectivity index (χ4n) is 3.10. The number of hydrogen-bond donors (Lipinski definition) is 1. The van der Waals surface area contributed by atoms with Crippen LogP contribution in [0.25, 0.3) is 5.65 Å². The van der Waals surface area contributed by atoms with Gasteiger partial charge in [-0.3, -0.25) is 13.9 Å². The Morgan fingerprint density at radius 3 is 3.08 bits per heavy atom. The molecule has 4 rings (SSSR count). The van der Waals surface area contributed by atoms with Crippen molar-refractivity contribution >= 4 is 23.2 Å². The zero-order valence-corrected chi connectivity index (χ0v) is 13.8. The van der Waals surface area contributed by atoms with E-state index in [4.69, 9.17) is 16.3 Å². The van der Waals surface area contributed by atoms with Crippen LogP contribution in [0.3, 0.4) is 0 Å². The molecule has 3 aromatic heterocycles. The Labute approximate surface area is 143 Å². The molecule has 8 heteroatoms. The second kappa shape index (κ2) is 5.92. The number of pyridine rings is 1. The first-order valence-electron chi connectivity index (χ1n) is 7.68. The molecule has 124 valence electrons. The lowest BCUT2D eigenvalue weighted by Crippen LogP contribution is -2.38. The minimum atomic E-state index is -0.263. The van der Waals surface area contributed by atoms with Crippen molar-refractivity contribution in [3.63, 3.8) is 0 Å². The normalized spacial score (nSPS) is 20.6. The highest BCUT2D eigenvalue weighted by atomic mass is 35.5. The van der Waals surface area contributed by atoms with Crippen molar-refractivity contribution in [2.24, 2.45) is 7.05 Å². The summed E-state index contributed by atoms with van der Waals surface area (Å²) in [6.45, 7) is 0.585. The molecular weight excluding hydrogens is 330 g/mol. The molecule has 1 amide bonds. The van der Waals surface area contributed by atoms with Crippen LogP contribution >= 0.6 is 11.6 Å². The molecule has 7 nitrogen and oxygen atoms in total. The maximum absolute atomic E-state index is 12.8. The predicted molar refractivity (Wildman–Crippen MR) is 88.0 cm³/mol. The number of nitrogens with zero attached hydrogens (tertiary/aromatic N) is 4. The van der Waals surface area contributed by atoms with E-state index in [2.05, 4.69) is 15.4 Å². The maximum Gasteiger partial charge on any atom is 0.271 e. The molecule has 1 aliphatic heterocycles. The minimum absolute atomic E-state index is 0.141. The van der Waals surface area contributed by atoms with Crippen molar-refractivity contribution in [3.8, 4) is 0 Å². The molecule has 3 aromatic rings. The summed E-state index contributed by atoms with van der Waals surface area (Å²) in [5, 5.41) is 7.39. The van der Waals surface area contributed by atoms with Gasteiger partial charge in [0.15, 0.2) is 10.8 Å². The van der Waals surface area contributed by atoms with Crippen molar-refractivity contribution in [1.82, 2.24) is 24.5 Å². The standard InChI is InChI=1S/C16H16ClN5O2/c1-21-11(5-7-18-21)14-10(6-9-24-14)19-16(23)13-15(17)20-12-4-2-3-8-22(12)13/h2-5,7-8,10,14H,6,9H2,1H3,(H,19,23)/t10-,14-/m0/s1. The SMILES string of the molecule is Cn1nccc1[C@H]1OCC[C@@H]1NC(=O)c1c(Cl)nc2ccccn12. The van der Waals surface area contributed by atoms with Gasteiger partial charge in [-0.15, -0.1) is 0 Å². The summed E-state index contributed by atoms with van der Waals surface area (Å²) in [7, 11) is 1.86. The number of rotatable bonds is 3. The minimum Gasteiger partial charge on any atom is -0.370 e. The molecule has 0 spiro atoms. The molecule has 0 aliphatic carbocycles. The number of carbonyl (C=O) groups excluding carboxylic acids is 1. The second-order valence-corrected chi connectivity index (χ2v) is 6.08. The van der Waals surface area contributed by atoms with Crippen LogP contribution in [0.1, 0.15) is 28.7 Å². The van der Waals surface area contributed by atoms with Gasteiger partial charge in [-0.1, -0.05) is 17.7 Å². The number of aromatic nitrogens is 4. The lowest BCUT2D eigenvalue weighted by Gasteiger charge is -2.20. The van der Waals surface area contributed by atoms with Gasteiger partial charge in [0.05, 0.1) is 11.7 Å². The van der Waals surface area contributed by atoms with Crippen molar-refractivity contribution in [3.05, 3.63) is 53.2 Å². The highest BCUT2D eigenvalue weighted by Crippen LogP contribution is 2.29. The van der Waals surface area contributed by atoms with Crippen LogP contribution in [0.15, 0.2) is 36.7 Å². The molecule has 1 N–H and O–H groups in total. The van der Waals surface area contributed by atoms with Gasteiger partial charge in [-0.25, -0.2) is 4.98 Å². The molecule has 1 aliphatic rings. The zero-order chi connectivity index (χ0) is 16.7. The van der Waals surface area contributed by atoms with Gasteiger partial charge in [-0.2, -0.15) is 5.10 Å². The van der Waals surface area contributed by atoms with Crippen LogP contribution in [0.2, 0.25) is 5.15 Å². The summed E-state index contributed by atoms with van der Waals surface area (Å²) in [6.07, 6.45) is 4.00. The number of halogens is 1. The second-order valence-electron chi connectivity index (χ2n) is 5.72. The first kappa shape index (κ1) is 15.2. The number of hydrogen-bond acceptors (Lipinski definition) is 4. The van der Waals surface area contributed by atoms with Crippen molar-refractivity contribution in [2.75, 3.05) is 6.61 Å². The summed E-state index contributed by atoms with van der Waals surface area (Å²) in [4.78, 5) is 17.0. The largest absolute Gasteiger partial charge is 0.370 e. The van der Waals surface area contributed by atoms with Crippen molar-refractivity contribution in [2.45, 2.75) is 18.6 Å². The molecular formula is C16H16ClN5O2. The number of ether oxygens (including phenoxy) is 1. The van der Waals surface area contributed by atoms with Crippen LogP contribution in [-0.4, -0.2) is 37.7 Å². The number of fused-ring (bicyclic) bond motifs is 1. The molecule has 0 unspecified atom stereocenters. The molecule has 1 saturated heterocycles. The molecule has 0 bridgehead atoms. The Balaban J connectivity index is 1.61. The van der Waals surface area contributed by atoms with E-state index in [-0.39, 0.29) is 23.2 Å². The van der Waals surface area contributed by atoms with Gasteiger partial charge in [0.1, 0.15) is 11.8 Å². The predicted octanol–water partition coefficient (Wildman–Crippen LogP) is 1.98. The van der Waals surface area contributed by atoms with E-state index in [0.717, 1.165) is 12.1 Å². The summed E-state index contributed by atoms with van der Waals surface area (Å²) < 4.78 is 9.24. The first-order chi connectivity index (χ1) is 11.6. The Morgan fingerprint density at radius 1 is 1.42 bits per heavy atom. The van der Waals surface area contributed by atoms with Gasteiger partial charge >= 0.3 is 0 Å². The number of aryl methyl sites for hydroxylation is 1. The van der Waals surface area contributed by atoms with Crippen LogP contribution < -0.4 is 5.32 Å². The van der Waals surface area contributed by atoms with Crippen molar-refractivity contribution < 1.29 is 9.53 Å². The lowest BCUT2D eigenvalue weighted by atomic mass is 10.1. The van der Waals surface area contributed by atoms with E-state index >= 15 is 0 Å².